The lowest BCUT2D eigenvalue weighted by atomic mass is 10.0. The first kappa shape index (κ1) is 30.7. The van der Waals surface area contributed by atoms with Gasteiger partial charge in [-0.25, -0.2) is 23.5 Å². The molecule has 12 heteroatoms. The van der Waals surface area contributed by atoms with E-state index in [9.17, 15) is 14.4 Å². The molecule has 4 heterocycles. The van der Waals surface area contributed by atoms with Gasteiger partial charge in [0.2, 0.25) is 0 Å². The van der Waals surface area contributed by atoms with E-state index in [0.29, 0.717) is 41.0 Å². The van der Waals surface area contributed by atoms with Crippen LogP contribution in [0.5, 0.6) is 5.75 Å². The molecule has 0 N–H and O–H groups in total. The van der Waals surface area contributed by atoms with Crippen LogP contribution in [0.15, 0.2) is 41.5 Å². The van der Waals surface area contributed by atoms with E-state index in [0.717, 1.165) is 10.3 Å². The summed E-state index contributed by atoms with van der Waals surface area (Å²) < 4.78 is 34.8. The average molecular weight is 606 g/mol. The predicted octanol–water partition coefficient (Wildman–Crippen LogP) is 5.90. The fourth-order valence-corrected chi connectivity index (χ4v) is 5.12. The van der Waals surface area contributed by atoms with Crippen molar-refractivity contribution >= 4 is 28.8 Å². The van der Waals surface area contributed by atoms with E-state index in [1.807, 2.05) is 13.0 Å². The zero-order valence-corrected chi connectivity index (χ0v) is 26.1. The summed E-state index contributed by atoms with van der Waals surface area (Å²) in [5.41, 5.74) is 0.443. The number of benzene rings is 1. The summed E-state index contributed by atoms with van der Waals surface area (Å²) in [5.74, 6) is 0.0916. The lowest BCUT2D eigenvalue weighted by molar-refractivity contribution is 0.0529. The maximum absolute atomic E-state index is 15.4. The summed E-state index contributed by atoms with van der Waals surface area (Å²) in [6.07, 6.45) is 1.60. The molecule has 0 aliphatic carbocycles. The molecule has 1 aromatic carbocycles. The lowest BCUT2D eigenvalue weighted by Crippen LogP contribution is -2.38. The van der Waals surface area contributed by atoms with Gasteiger partial charge >= 0.3 is 12.2 Å². The minimum absolute atomic E-state index is 0.0603. The van der Waals surface area contributed by atoms with Gasteiger partial charge in [-0.3, -0.25) is 14.4 Å². The van der Waals surface area contributed by atoms with E-state index in [4.69, 9.17) is 14.2 Å². The van der Waals surface area contributed by atoms with E-state index in [-0.39, 0.29) is 23.3 Å². The van der Waals surface area contributed by atoms with E-state index in [1.165, 1.54) is 29.4 Å². The van der Waals surface area contributed by atoms with Crippen LogP contribution in [0, 0.1) is 12.7 Å². The number of anilines is 1. The highest BCUT2D eigenvalue weighted by Gasteiger charge is 2.31. The third kappa shape index (κ3) is 6.15. The molecule has 44 heavy (non-hydrogen) atoms. The molecule has 4 aromatic rings. The zero-order chi connectivity index (χ0) is 32.1. The second-order valence-electron chi connectivity index (χ2n) is 12.7. The number of ether oxygens (including phenoxy) is 3. The Kier molecular flexibility index (Phi) is 7.73. The van der Waals surface area contributed by atoms with Crippen molar-refractivity contribution < 1.29 is 28.2 Å². The number of hydrogen-bond acceptors (Lipinski definition) is 8. The third-order valence-corrected chi connectivity index (χ3v) is 6.90. The summed E-state index contributed by atoms with van der Waals surface area (Å²) in [6, 6.07) is 6.00. The zero-order valence-electron chi connectivity index (χ0n) is 26.1. The summed E-state index contributed by atoms with van der Waals surface area (Å²) >= 11 is 0. The molecular formula is C32H36FN5O6. The largest absolute Gasteiger partial charge is 0.493 e. The summed E-state index contributed by atoms with van der Waals surface area (Å²) in [7, 11) is 1.76. The predicted molar refractivity (Wildman–Crippen MR) is 163 cm³/mol. The molecule has 3 aromatic heterocycles. The van der Waals surface area contributed by atoms with Crippen molar-refractivity contribution in [2.75, 3.05) is 11.5 Å². The standard InChI is InChI=1S/C32H36FN5O6/c1-18-13-25(36(8)35-18)21-15-34-28(23-17-37(27(39)14-20(21)23)29(40)43-31(2,3)4)38(30(41)44-32(5,6)7)16-22-19-11-12-42-26(19)10-9-24(22)33/h9-10,13-15,17H,11-12,16H2,1-8H3. The monoisotopic (exact) mass is 605 g/mol. The number of amides is 1. The van der Waals surface area contributed by atoms with Crippen molar-refractivity contribution in [3.05, 3.63) is 69.7 Å². The topological polar surface area (TPSA) is 118 Å². The van der Waals surface area contributed by atoms with Gasteiger partial charge in [0.25, 0.3) is 5.56 Å². The van der Waals surface area contributed by atoms with Crippen LogP contribution >= 0.6 is 0 Å². The normalized spacial score (nSPS) is 13.0. The SMILES string of the molecule is Cc1cc(-c2cnc(N(Cc3c(F)ccc4c3CCO4)C(=O)OC(C)(C)C)c3cn(C(=O)OC(C)(C)C)c(=O)cc23)n(C)n1. The quantitative estimate of drug-likeness (QED) is 0.282. The van der Waals surface area contributed by atoms with E-state index < -0.39 is 34.8 Å². The van der Waals surface area contributed by atoms with Gasteiger partial charge in [-0.05, 0) is 66.7 Å². The van der Waals surface area contributed by atoms with Crippen LogP contribution in [0.4, 0.5) is 19.8 Å². The number of aryl methyl sites for hydroxylation is 2. The Morgan fingerprint density at radius 2 is 1.77 bits per heavy atom. The molecule has 0 fully saturated rings. The first-order valence-corrected chi connectivity index (χ1v) is 14.3. The average Bonchev–Trinajstić information content (AvgIpc) is 3.50. The van der Waals surface area contributed by atoms with Gasteiger partial charge in [0.05, 0.1) is 24.5 Å². The Morgan fingerprint density at radius 3 is 2.41 bits per heavy atom. The number of fused-ring (bicyclic) bond motifs is 2. The van der Waals surface area contributed by atoms with Gasteiger partial charge in [0.1, 0.15) is 28.6 Å². The molecule has 0 saturated heterocycles. The number of pyridine rings is 2. The molecule has 0 saturated carbocycles. The molecule has 1 aliphatic heterocycles. The van der Waals surface area contributed by atoms with Crippen molar-refractivity contribution in [1.82, 2.24) is 19.3 Å². The fourth-order valence-electron chi connectivity index (χ4n) is 5.12. The van der Waals surface area contributed by atoms with E-state index in [2.05, 4.69) is 10.1 Å². The Morgan fingerprint density at radius 1 is 1.07 bits per heavy atom. The molecule has 1 aliphatic rings. The molecule has 0 spiro atoms. The van der Waals surface area contributed by atoms with Crippen LogP contribution in [0.2, 0.25) is 0 Å². The van der Waals surface area contributed by atoms with Gasteiger partial charge in [-0.2, -0.15) is 5.10 Å². The van der Waals surface area contributed by atoms with Crippen LogP contribution in [0.3, 0.4) is 0 Å². The van der Waals surface area contributed by atoms with Crippen molar-refractivity contribution in [3.63, 3.8) is 0 Å². The Bertz CT molecular complexity index is 1850. The molecule has 0 unspecified atom stereocenters. The third-order valence-electron chi connectivity index (χ3n) is 6.90. The van der Waals surface area contributed by atoms with Crippen LogP contribution in [-0.2, 0) is 29.5 Å². The number of nitrogens with zero attached hydrogens (tertiary/aromatic N) is 5. The minimum Gasteiger partial charge on any atom is -0.493 e. The Hall–Kier alpha value is -4.74. The number of hydrogen-bond donors (Lipinski definition) is 0. The second kappa shape index (κ2) is 11.1. The fraction of sp³-hybridized carbons (Fsp3) is 0.406. The van der Waals surface area contributed by atoms with Crippen molar-refractivity contribution in [2.45, 2.75) is 72.6 Å². The molecule has 0 bridgehead atoms. The van der Waals surface area contributed by atoms with Crippen LogP contribution in [0.25, 0.3) is 22.0 Å². The van der Waals surface area contributed by atoms with Gasteiger partial charge in [-0.1, -0.05) is 0 Å². The number of carbonyl (C=O) groups excluding carboxylic acids is 2. The Labute approximate surface area is 254 Å². The molecule has 232 valence electrons. The highest BCUT2D eigenvalue weighted by molar-refractivity contribution is 6.05. The van der Waals surface area contributed by atoms with Gasteiger partial charge in [0.15, 0.2) is 0 Å². The van der Waals surface area contributed by atoms with Gasteiger partial charge in [0, 0.05) is 59.4 Å². The first-order chi connectivity index (χ1) is 20.5. The van der Waals surface area contributed by atoms with Crippen LogP contribution in [-0.4, -0.2) is 49.3 Å². The Balaban J connectivity index is 1.78. The maximum atomic E-state index is 15.4. The highest BCUT2D eigenvalue weighted by Crippen LogP contribution is 2.36. The highest BCUT2D eigenvalue weighted by atomic mass is 19.1. The van der Waals surface area contributed by atoms with Crippen molar-refractivity contribution in [2.24, 2.45) is 7.05 Å². The lowest BCUT2D eigenvalue weighted by Gasteiger charge is -2.28. The van der Waals surface area contributed by atoms with Gasteiger partial charge in [-0.15, -0.1) is 0 Å². The molecule has 0 radical (unpaired) electrons. The second-order valence-corrected chi connectivity index (χ2v) is 12.7. The van der Waals surface area contributed by atoms with Crippen LogP contribution in [0.1, 0.15) is 58.4 Å². The number of rotatable bonds is 4. The van der Waals surface area contributed by atoms with Crippen molar-refractivity contribution in [3.8, 4) is 17.0 Å². The van der Waals surface area contributed by atoms with Gasteiger partial charge < -0.3 is 14.2 Å². The first-order valence-electron chi connectivity index (χ1n) is 14.3. The van der Waals surface area contributed by atoms with E-state index in [1.54, 1.807) is 59.3 Å². The molecule has 0 atom stereocenters. The smallest absolute Gasteiger partial charge is 0.421 e. The summed E-state index contributed by atoms with van der Waals surface area (Å²) in [6.45, 7) is 12.2. The maximum Gasteiger partial charge on any atom is 0.421 e. The molecule has 11 nitrogen and oxygen atoms in total. The molecule has 1 amide bonds. The molecular weight excluding hydrogens is 569 g/mol. The van der Waals surface area contributed by atoms with Crippen molar-refractivity contribution in [1.29, 1.82) is 0 Å². The summed E-state index contributed by atoms with van der Waals surface area (Å²) in [4.78, 5) is 46.2. The van der Waals surface area contributed by atoms with E-state index >= 15 is 4.39 Å². The molecule has 5 rings (SSSR count). The minimum atomic E-state index is -0.898. The number of aromatic nitrogens is 4. The number of halogens is 1. The number of carbonyl (C=O) groups is 2. The summed E-state index contributed by atoms with van der Waals surface area (Å²) in [5, 5.41) is 5.09. The van der Waals surface area contributed by atoms with Crippen LogP contribution < -0.4 is 15.2 Å².